The summed E-state index contributed by atoms with van der Waals surface area (Å²) < 4.78 is 92.8. The Morgan fingerprint density at radius 2 is 1.35 bits per heavy atom. The first-order valence-corrected chi connectivity index (χ1v) is 8.77. The van der Waals surface area contributed by atoms with Gasteiger partial charge in [0.2, 0.25) is 0 Å². The van der Waals surface area contributed by atoms with Gasteiger partial charge < -0.3 is 10.7 Å². The van der Waals surface area contributed by atoms with E-state index in [2.05, 4.69) is 9.97 Å². The number of aromatic nitrogens is 2. The van der Waals surface area contributed by atoms with E-state index in [4.69, 9.17) is 5.73 Å². The minimum Gasteiger partial charge on any atom is -0.396 e. The predicted octanol–water partition coefficient (Wildman–Crippen LogP) is 6.66. The minimum absolute atomic E-state index is 0.0126. The molecule has 0 spiro atoms. The number of nitrogens with one attached hydrogen (secondary N) is 1. The summed E-state index contributed by atoms with van der Waals surface area (Å²) >= 11 is 0. The van der Waals surface area contributed by atoms with E-state index >= 15 is 0 Å². The summed E-state index contributed by atoms with van der Waals surface area (Å²) in [5.74, 6) is -0.631. The van der Waals surface area contributed by atoms with Gasteiger partial charge in [0.25, 0.3) is 0 Å². The summed E-state index contributed by atoms with van der Waals surface area (Å²) in [7, 11) is 0. The Hall–Kier alpha value is -3.56. The van der Waals surface area contributed by atoms with Crippen LogP contribution in [0.5, 0.6) is 0 Å². The molecule has 0 saturated heterocycles. The van der Waals surface area contributed by atoms with Crippen LogP contribution >= 0.6 is 0 Å². The smallest absolute Gasteiger partial charge is 0.396 e. The molecule has 0 aliphatic rings. The highest BCUT2D eigenvalue weighted by molar-refractivity contribution is 5.84. The second kappa shape index (κ2) is 7.00. The highest BCUT2D eigenvalue weighted by Gasteiger charge is 2.39. The number of fused-ring (bicyclic) bond motifs is 1. The van der Waals surface area contributed by atoms with Crippen LogP contribution in [0.3, 0.4) is 0 Å². The molecule has 3 nitrogen and oxygen atoms in total. The average molecular weight is 439 g/mol. The zero-order valence-electron chi connectivity index (χ0n) is 15.4. The number of nitrogen functional groups attached to an aromatic ring is 1. The van der Waals surface area contributed by atoms with Crippen molar-refractivity contribution < 1.29 is 30.7 Å². The molecule has 4 rings (SSSR count). The lowest BCUT2D eigenvalue weighted by atomic mass is 10.0. The van der Waals surface area contributed by atoms with Gasteiger partial charge in [-0.15, -0.1) is 0 Å². The molecular weight excluding hydrogens is 427 g/mol. The van der Waals surface area contributed by atoms with Crippen molar-refractivity contribution in [2.75, 3.05) is 5.73 Å². The van der Waals surface area contributed by atoms with E-state index in [-0.39, 0.29) is 23.1 Å². The molecule has 0 bridgehead atoms. The van der Waals surface area contributed by atoms with Crippen LogP contribution in [0.25, 0.3) is 33.5 Å². The van der Waals surface area contributed by atoms with Gasteiger partial charge in [0.15, 0.2) is 0 Å². The second-order valence-electron chi connectivity index (χ2n) is 6.81. The summed E-state index contributed by atoms with van der Waals surface area (Å²) in [6.07, 6.45) is -9.97. The maximum atomic E-state index is 13.7. The maximum absolute atomic E-state index is 13.7. The number of aromatic amines is 1. The molecule has 0 unspecified atom stereocenters. The standard InChI is InChI=1S/C21H12F7N3/c22-15-7-12(5-6-16(15)29)10-1-3-11(4-2-10)19-30-17-9-13(20(23,24)25)8-14(18(17)31-19)21(26,27)28/h1-9H,29H2,(H,30,31). The monoisotopic (exact) mass is 439 g/mol. The Bertz CT molecular complexity index is 1270. The molecule has 1 heterocycles. The van der Waals surface area contributed by atoms with Crippen LogP contribution in [-0.2, 0) is 12.4 Å². The Balaban J connectivity index is 1.78. The molecule has 3 aromatic carbocycles. The van der Waals surface area contributed by atoms with Crippen molar-refractivity contribution in [3.8, 4) is 22.5 Å². The molecule has 0 amide bonds. The van der Waals surface area contributed by atoms with Crippen LogP contribution in [-0.4, -0.2) is 9.97 Å². The number of alkyl halides is 6. The summed E-state index contributed by atoms with van der Waals surface area (Å²) in [6.45, 7) is 0. The molecule has 0 saturated carbocycles. The summed E-state index contributed by atoms with van der Waals surface area (Å²) in [6, 6.07) is 11.1. The highest BCUT2D eigenvalue weighted by atomic mass is 19.4. The fourth-order valence-electron chi connectivity index (χ4n) is 3.16. The third kappa shape index (κ3) is 3.92. The number of benzene rings is 3. The number of anilines is 1. The molecule has 0 aliphatic carbocycles. The molecule has 0 aliphatic heterocycles. The van der Waals surface area contributed by atoms with Gasteiger partial charge >= 0.3 is 12.4 Å². The van der Waals surface area contributed by atoms with E-state index in [0.717, 1.165) is 0 Å². The Morgan fingerprint density at radius 3 is 1.94 bits per heavy atom. The number of nitrogens with zero attached hydrogens (tertiary/aromatic N) is 1. The van der Waals surface area contributed by atoms with E-state index in [9.17, 15) is 30.7 Å². The molecular formula is C21H12F7N3. The predicted molar refractivity (Wildman–Crippen MR) is 101 cm³/mol. The fourth-order valence-corrected chi connectivity index (χ4v) is 3.16. The van der Waals surface area contributed by atoms with Gasteiger partial charge in [0.1, 0.15) is 17.2 Å². The largest absolute Gasteiger partial charge is 0.418 e. The molecule has 160 valence electrons. The Kier molecular flexibility index (Phi) is 4.68. The van der Waals surface area contributed by atoms with E-state index in [1.807, 2.05) is 0 Å². The first kappa shape index (κ1) is 20.7. The van der Waals surface area contributed by atoms with Crippen LogP contribution in [0.15, 0.2) is 54.6 Å². The van der Waals surface area contributed by atoms with Crippen molar-refractivity contribution in [2.24, 2.45) is 0 Å². The molecule has 1 aromatic heterocycles. The van der Waals surface area contributed by atoms with Gasteiger partial charge in [-0.1, -0.05) is 30.3 Å². The molecule has 3 N–H and O–H groups in total. The molecule has 0 radical (unpaired) electrons. The van der Waals surface area contributed by atoms with E-state index < -0.39 is 34.8 Å². The number of halogens is 7. The number of H-pyrrole nitrogens is 1. The number of imidazole rings is 1. The third-order valence-corrected chi connectivity index (χ3v) is 4.71. The zero-order chi connectivity index (χ0) is 22.6. The maximum Gasteiger partial charge on any atom is 0.418 e. The second-order valence-corrected chi connectivity index (χ2v) is 6.81. The molecule has 4 aromatic rings. The SMILES string of the molecule is Nc1ccc(-c2ccc(-c3nc4c(C(F)(F)F)cc(C(F)(F)F)cc4[nH]3)cc2)cc1F. The zero-order valence-corrected chi connectivity index (χ0v) is 15.4. The summed E-state index contributed by atoms with van der Waals surface area (Å²) in [5, 5.41) is 0. The summed E-state index contributed by atoms with van der Waals surface area (Å²) in [4.78, 5) is 6.41. The van der Waals surface area contributed by atoms with Gasteiger partial charge in [-0.05, 0) is 35.4 Å². The van der Waals surface area contributed by atoms with Gasteiger partial charge in [-0.25, -0.2) is 9.37 Å². The molecule has 0 fully saturated rings. The van der Waals surface area contributed by atoms with Crippen LogP contribution in [0.2, 0.25) is 0 Å². The van der Waals surface area contributed by atoms with Crippen molar-refractivity contribution >= 4 is 16.7 Å². The van der Waals surface area contributed by atoms with Crippen molar-refractivity contribution in [1.82, 2.24) is 9.97 Å². The van der Waals surface area contributed by atoms with Gasteiger partial charge in [0, 0.05) is 5.56 Å². The Labute approximate surface area is 170 Å². The van der Waals surface area contributed by atoms with Crippen LogP contribution in [0.4, 0.5) is 36.4 Å². The van der Waals surface area contributed by atoms with E-state index in [0.29, 0.717) is 22.8 Å². The van der Waals surface area contributed by atoms with Crippen molar-refractivity contribution in [1.29, 1.82) is 0 Å². The number of rotatable bonds is 2. The first-order chi connectivity index (χ1) is 14.4. The molecule has 10 heteroatoms. The van der Waals surface area contributed by atoms with E-state index in [1.165, 1.54) is 24.3 Å². The Morgan fingerprint density at radius 1 is 0.742 bits per heavy atom. The van der Waals surface area contributed by atoms with E-state index in [1.54, 1.807) is 18.2 Å². The van der Waals surface area contributed by atoms with Crippen molar-refractivity contribution in [2.45, 2.75) is 12.4 Å². The fraction of sp³-hybridized carbons (Fsp3) is 0.0952. The van der Waals surface area contributed by atoms with Crippen LogP contribution in [0.1, 0.15) is 11.1 Å². The lowest BCUT2D eigenvalue weighted by Gasteiger charge is -2.11. The van der Waals surface area contributed by atoms with Gasteiger partial charge in [0.05, 0.1) is 22.3 Å². The molecule has 31 heavy (non-hydrogen) atoms. The van der Waals surface area contributed by atoms with Crippen molar-refractivity contribution in [3.05, 3.63) is 71.5 Å². The van der Waals surface area contributed by atoms with Crippen LogP contribution in [0, 0.1) is 5.82 Å². The molecule has 0 atom stereocenters. The quantitative estimate of drug-likeness (QED) is 0.271. The third-order valence-electron chi connectivity index (χ3n) is 4.71. The number of hydrogen-bond acceptors (Lipinski definition) is 2. The van der Waals surface area contributed by atoms with Crippen molar-refractivity contribution in [3.63, 3.8) is 0 Å². The van der Waals surface area contributed by atoms with Crippen LogP contribution < -0.4 is 5.73 Å². The lowest BCUT2D eigenvalue weighted by molar-refractivity contribution is -0.142. The lowest BCUT2D eigenvalue weighted by Crippen LogP contribution is -2.11. The number of hydrogen-bond donors (Lipinski definition) is 2. The normalized spacial score (nSPS) is 12.5. The number of nitrogens with two attached hydrogens (primary N) is 1. The van der Waals surface area contributed by atoms with Gasteiger partial charge in [-0.3, -0.25) is 0 Å². The minimum atomic E-state index is -5.02. The average Bonchev–Trinajstić information content (AvgIpc) is 3.12. The van der Waals surface area contributed by atoms with Gasteiger partial charge in [-0.2, -0.15) is 26.3 Å². The topological polar surface area (TPSA) is 54.7 Å². The summed E-state index contributed by atoms with van der Waals surface area (Å²) in [5.41, 5.74) is 3.01. The first-order valence-electron chi connectivity index (χ1n) is 8.77. The highest BCUT2D eigenvalue weighted by Crippen LogP contribution is 2.40.